The summed E-state index contributed by atoms with van der Waals surface area (Å²) in [5, 5.41) is 2.94. The molecular formula is C13H7Br2ClFNO. The van der Waals surface area contributed by atoms with Gasteiger partial charge in [0.05, 0.1) is 16.3 Å². The molecule has 2 rings (SSSR count). The second-order valence-corrected chi connectivity index (χ2v) is 5.85. The fraction of sp³-hybridized carbons (Fsp3) is 0. The van der Waals surface area contributed by atoms with Gasteiger partial charge in [0.15, 0.2) is 0 Å². The standard InChI is InChI=1S/C13H7Br2ClFNO/c14-7-4-5-11(9(16)6-7)18-13(19)12-8(15)2-1-3-10(12)17/h1-6H,(H,18,19). The summed E-state index contributed by atoms with van der Waals surface area (Å²) < 4.78 is 14.8. The van der Waals surface area contributed by atoms with Crippen LogP contribution in [0.25, 0.3) is 0 Å². The highest BCUT2D eigenvalue weighted by Crippen LogP contribution is 2.27. The molecule has 0 saturated heterocycles. The predicted octanol–water partition coefficient (Wildman–Crippen LogP) is 5.26. The van der Waals surface area contributed by atoms with Crippen molar-refractivity contribution < 1.29 is 9.18 Å². The van der Waals surface area contributed by atoms with Crippen LogP contribution in [0.4, 0.5) is 10.1 Å². The summed E-state index contributed by atoms with van der Waals surface area (Å²) in [7, 11) is 0. The summed E-state index contributed by atoms with van der Waals surface area (Å²) in [5.74, 6) is -1.16. The Labute approximate surface area is 131 Å². The van der Waals surface area contributed by atoms with Crippen molar-refractivity contribution in [2.45, 2.75) is 0 Å². The molecule has 0 spiro atoms. The SMILES string of the molecule is O=C(Nc1ccc(Br)cc1Cl)c1c(F)cccc1Br. The van der Waals surface area contributed by atoms with Crippen LogP contribution in [0.3, 0.4) is 0 Å². The normalized spacial score (nSPS) is 10.3. The minimum absolute atomic E-state index is 0.0542. The molecule has 0 radical (unpaired) electrons. The largest absolute Gasteiger partial charge is 0.321 e. The topological polar surface area (TPSA) is 29.1 Å². The average Bonchev–Trinajstić information content (AvgIpc) is 2.32. The molecule has 1 N–H and O–H groups in total. The summed E-state index contributed by atoms with van der Waals surface area (Å²) in [6.07, 6.45) is 0. The zero-order valence-corrected chi connectivity index (χ0v) is 13.3. The van der Waals surface area contributed by atoms with Crippen LogP contribution < -0.4 is 5.32 Å². The van der Waals surface area contributed by atoms with Gasteiger partial charge in [0.1, 0.15) is 5.82 Å². The quantitative estimate of drug-likeness (QED) is 0.723. The molecule has 6 heteroatoms. The van der Waals surface area contributed by atoms with Gasteiger partial charge in [-0.3, -0.25) is 4.79 Å². The van der Waals surface area contributed by atoms with Gasteiger partial charge in [-0.1, -0.05) is 33.6 Å². The lowest BCUT2D eigenvalue weighted by atomic mass is 10.2. The number of benzene rings is 2. The number of nitrogens with one attached hydrogen (secondary N) is 1. The molecule has 1 amide bonds. The van der Waals surface area contributed by atoms with Gasteiger partial charge in [0.25, 0.3) is 5.91 Å². The average molecular weight is 407 g/mol. The van der Waals surface area contributed by atoms with Crippen LogP contribution in [0, 0.1) is 5.82 Å². The third-order valence-corrected chi connectivity index (χ3v) is 3.84. The van der Waals surface area contributed by atoms with Gasteiger partial charge in [0, 0.05) is 8.95 Å². The number of amides is 1. The molecule has 0 bridgehead atoms. The number of hydrogen-bond acceptors (Lipinski definition) is 1. The summed E-state index contributed by atoms with van der Waals surface area (Å²) >= 11 is 12.4. The summed E-state index contributed by atoms with van der Waals surface area (Å²) in [6.45, 7) is 0. The minimum atomic E-state index is -0.597. The predicted molar refractivity (Wildman–Crippen MR) is 81.2 cm³/mol. The first kappa shape index (κ1) is 14.5. The Kier molecular flexibility index (Phi) is 4.60. The Morgan fingerprint density at radius 3 is 2.58 bits per heavy atom. The van der Waals surface area contributed by atoms with Crippen molar-refractivity contribution in [2.75, 3.05) is 5.32 Å². The van der Waals surface area contributed by atoms with Crippen molar-refractivity contribution in [1.29, 1.82) is 0 Å². The molecule has 2 aromatic rings. The van der Waals surface area contributed by atoms with Gasteiger partial charge in [-0.05, 0) is 46.3 Å². The van der Waals surface area contributed by atoms with Gasteiger partial charge in [-0.2, -0.15) is 0 Å². The van der Waals surface area contributed by atoms with E-state index in [0.29, 0.717) is 15.2 Å². The van der Waals surface area contributed by atoms with E-state index in [1.165, 1.54) is 12.1 Å². The molecule has 0 atom stereocenters. The van der Waals surface area contributed by atoms with E-state index in [1.807, 2.05) is 0 Å². The van der Waals surface area contributed by atoms with Gasteiger partial charge < -0.3 is 5.32 Å². The highest BCUT2D eigenvalue weighted by atomic mass is 79.9. The van der Waals surface area contributed by atoms with Crippen LogP contribution in [0.1, 0.15) is 10.4 Å². The van der Waals surface area contributed by atoms with Crippen molar-refractivity contribution in [1.82, 2.24) is 0 Å². The zero-order chi connectivity index (χ0) is 14.0. The van der Waals surface area contributed by atoms with Crippen molar-refractivity contribution in [3.8, 4) is 0 Å². The monoisotopic (exact) mass is 405 g/mol. The summed E-state index contributed by atoms with van der Waals surface area (Å²) in [6, 6.07) is 9.36. The molecule has 0 saturated carbocycles. The van der Waals surface area contributed by atoms with Gasteiger partial charge in [-0.25, -0.2) is 4.39 Å². The van der Waals surface area contributed by atoms with Crippen LogP contribution in [-0.2, 0) is 0 Å². The van der Waals surface area contributed by atoms with Gasteiger partial charge in [-0.15, -0.1) is 0 Å². The smallest absolute Gasteiger partial charge is 0.259 e. The maximum atomic E-state index is 13.6. The lowest BCUT2D eigenvalue weighted by molar-refractivity contribution is 0.102. The van der Waals surface area contributed by atoms with E-state index >= 15 is 0 Å². The molecular weight excluding hydrogens is 400 g/mol. The van der Waals surface area contributed by atoms with Gasteiger partial charge in [0.2, 0.25) is 0 Å². The molecule has 0 unspecified atom stereocenters. The first-order chi connectivity index (χ1) is 8.99. The van der Waals surface area contributed by atoms with Crippen LogP contribution in [0.5, 0.6) is 0 Å². The number of anilines is 1. The Bertz CT molecular complexity index is 628. The zero-order valence-electron chi connectivity index (χ0n) is 9.38. The number of rotatable bonds is 2. The number of carbonyl (C=O) groups excluding carboxylic acids is 1. The minimum Gasteiger partial charge on any atom is -0.321 e. The molecule has 0 aliphatic heterocycles. The van der Waals surface area contributed by atoms with Crippen LogP contribution in [0.15, 0.2) is 45.3 Å². The van der Waals surface area contributed by atoms with Crippen LogP contribution >= 0.6 is 43.5 Å². The maximum absolute atomic E-state index is 13.6. The van der Waals surface area contributed by atoms with Crippen molar-refractivity contribution in [2.24, 2.45) is 0 Å². The molecule has 0 aliphatic rings. The highest BCUT2D eigenvalue weighted by molar-refractivity contribution is 9.10. The van der Waals surface area contributed by atoms with Crippen LogP contribution in [-0.4, -0.2) is 5.91 Å². The third kappa shape index (κ3) is 3.35. The first-order valence-electron chi connectivity index (χ1n) is 5.19. The lowest BCUT2D eigenvalue weighted by Gasteiger charge is -2.09. The molecule has 0 heterocycles. The van der Waals surface area contributed by atoms with E-state index in [9.17, 15) is 9.18 Å². The highest BCUT2D eigenvalue weighted by Gasteiger charge is 2.16. The van der Waals surface area contributed by atoms with E-state index in [0.717, 1.165) is 4.47 Å². The van der Waals surface area contributed by atoms with Crippen LogP contribution in [0.2, 0.25) is 5.02 Å². The third-order valence-electron chi connectivity index (χ3n) is 2.37. The molecule has 0 aromatic heterocycles. The molecule has 2 nitrogen and oxygen atoms in total. The lowest BCUT2D eigenvalue weighted by Crippen LogP contribution is -2.14. The maximum Gasteiger partial charge on any atom is 0.259 e. The number of carbonyl (C=O) groups is 1. The Balaban J connectivity index is 2.31. The fourth-order valence-corrected chi connectivity index (χ4v) is 2.73. The second kappa shape index (κ2) is 6.03. The number of hydrogen-bond donors (Lipinski definition) is 1. The molecule has 0 fully saturated rings. The van der Waals surface area contributed by atoms with Crippen molar-refractivity contribution in [3.63, 3.8) is 0 Å². The second-order valence-electron chi connectivity index (χ2n) is 3.67. The Hall–Kier alpha value is -0.910. The Morgan fingerprint density at radius 1 is 1.21 bits per heavy atom. The van der Waals surface area contributed by atoms with E-state index in [2.05, 4.69) is 37.2 Å². The van der Waals surface area contributed by atoms with Gasteiger partial charge >= 0.3 is 0 Å². The van der Waals surface area contributed by atoms with E-state index in [1.54, 1.807) is 24.3 Å². The first-order valence-corrected chi connectivity index (χ1v) is 7.16. The van der Waals surface area contributed by atoms with Crippen molar-refractivity contribution in [3.05, 3.63) is 61.7 Å². The summed E-state index contributed by atoms with van der Waals surface area (Å²) in [5.41, 5.74) is 0.367. The van der Waals surface area contributed by atoms with E-state index in [-0.39, 0.29) is 5.56 Å². The number of halogens is 4. The molecule has 98 valence electrons. The van der Waals surface area contributed by atoms with E-state index in [4.69, 9.17) is 11.6 Å². The molecule has 19 heavy (non-hydrogen) atoms. The van der Waals surface area contributed by atoms with E-state index < -0.39 is 11.7 Å². The fourth-order valence-electron chi connectivity index (χ4n) is 1.49. The molecule has 0 aliphatic carbocycles. The molecule has 2 aromatic carbocycles. The summed E-state index contributed by atoms with van der Waals surface area (Å²) in [4.78, 5) is 12.0. The van der Waals surface area contributed by atoms with Crippen molar-refractivity contribution >= 4 is 55.1 Å². The Morgan fingerprint density at radius 2 is 1.95 bits per heavy atom.